The summed E-state index contributed by atoms with van der Waals surface area (Å²) in [4.78, 5) is 19.7. The number of fused-ring (bicyclic) bond motifs is 2. The van der Waals surface area contributed by atoms with Crippen molar-refractivity contribution in [2.24, 2.45) is 0 Å². The van der Waals surface area contributed by atoms with Crippen molar-refractivity contribution < 1.29 is 14.3 Å². The van der Waals surface area contributed by atoms with Crippen molar-refractivity contribution in [3.05, 3.63) is 72.1 Å². The Morgan fingerprint density at radius 2 is 1.76 bits per heavy atom. The van der Waals surface area contributed by atoms with Gasteiger partial charge in [0.1, 0.15) is 13.2 Å². The summed E-state index contributed by atoms with van der Waals surface area (Å²) >= 11 is 0. The van der Waals surface area contributed by atoms with Gasteiger partial charge in [-0.3, -0.25) is 4.79 Å². The summed E-state index contributed by atoms with van der Waals surface area (Å²) in [5.41, 5.74) is 4.56. The minimum absolute atomic E-state index is 0.0534. The van der Waals surface area contributed by atoms with Crippen LogP contribution in [0, 0.1) is 0 Å². The minimum atomic E-state index is 0.0534. The molecule has 37 heavy (non-hydrogen) atoms. The summed E-state index contributed by atoms with van der Waals surface area (Å²) in [6.45, 7) is 4.14. The molecule has 2 aliphatic heterocycles. The number of rotatable bonds is 7. The van der Waals surface area contributed by atoms with Crippen LogP contribution < -0.4 is 14.8 Å². The van der Waals surface area contributed by atoms with Crippen LogP contribution in [0.15, 0.2) is 60.7 Å². The van der Waals surface area contributed by atoms with E-state index in [0.29, 0.717) is 26.1 Å². The van der Waals surface area contributed by atoms with Crippen molar-refractivity contribution in [3.8, 4) is 22.8 Å². The molecule has 8 nitrogen and oxygen atoms in total. The number of ether oxygens (including phenoxy) is 2. The summed E-state index contributed by atoms with van der Waals surface area (Å²) in [5.74, 6) is 2.28. The van der Waals surface area contributed by atoms with Crippen LogP contribution in [0.25, 0.3) is 16.9 Å². The van der Waals surface area contributed by atoms with Crippen molar-refractivity contribution in [2.75, 3.05) is 38.2 Å². The van der Waals surface area contributed by atoms with Crippen molar-refractivity contribution >= 4 is 17.2 Å². The van der Waals surface area contributed by atoms with Crippen LogP contribution in [0.2, 0.25) is 0 Å². The fourth-order valence-electron chi connectivity index (χ4n) is 5.05. The number of hydrogen-bond acceptors (Lipinski definition) is 6. The second-order valence-corrected chi connectivity index (χ2v) is 9.65. The Kier molecular flexibility index (Phi) is 6.73. The number of nitrogens with zero attached hydrogens (tertiary/aromatic N) is 4. The van der Waals surface area contributed by atoms with Gasteiger partial charge in [-0.25, -0.2) is 9.50 Å². The highest BCUT2D eigenvalue weighted by molar-refractivity contribution is 5.90. The molecule has 0 radical (unpaired) electrons. The molecule has 2 aromatic carbocycles. The molecule has 1 N–H and O–H groups in total. The molecular formula is C29H31N5O3. The van der Waals surface area contributed by atoms with Crippen LogP contribution in [0.1, 0.15) is 37.1 Å². The molecule has 0 bridgehead atoms. The van der Waals surface area contributed by atoms with E-state index in [1.807, 2.05) is 65.2 Å². The molecule has 1 amide bonds. The van der Waals surface area contributed by atoms with E-state index in [0.717, 1.165) is 65.1 Å². The van der Waals surface area contributed by atoms with Crippen LogP contribution in [-0.2, 0) is 11.2 Å². The van der Waals surface area contributed by atoms with Gasteiger partial charge in [0, 0.05) is 30.6 Å². The number of aromatic nitrogens is 3. The van der Waals surface area contributed by atoms with Gasteiger partial charge in [0.25, 0.3) is 0 Å². The Labute approximate surface area is 216 Å². The molecule has 4 heterocycles. The van der Waals surface area contributed by atoms with E-state index in [4.69, 9.17) is 19.6 Å². The average molecular weight is 498 g/mol. The lowest BCUT2D eigenvalue weighted by Gasteiger charge is -2.25. The zero-order valence-corrected chi connectivity index (χ0v) is 20.9. The van der Waals surface area contributed by atoms with E-state index in [9.17, 15) is 4.79 Å². The highest BCUT2D eigenvalue weighted by Gasteiger charge is 2.16. The summed E-state index contributed by atoms with van der Waals surface area (Å²) < 4.78 is 13.3. The minimum Gasteiger partial charge on any atom is -0.486 e. The molecule has 0 spiro atoms. The molecule has 190 valence electrons. The maximum Gasteiger partial charge on any atom is 0.225 e. The molecular weight excluding hydrogens is 466 g/mol. The third-order valence-electron chi connectivity index (χ3n) is 6.92. The number of hydrogen-bond donors (Lipinski definition) is 1. The van der Waals surface area contributed by atoms with Crippen LogP contribution >= 0.6 is 0 Å². The molecule has 8 heteroatoms. The Morgan fingerprint density at radius 3 is 2.65 bits per heavy atom. The van der Waals surface area contributed by atoms with E-state index in [2.05, 4.69) is 10.2 Å². The van der Waals surface area contributed by atoms with Crippen molar-refractivity contribution in [1.82, 2.24) is 19.5 Å². The number of amides is 1. The largest absolute Gasteiger partial charge is 0.486 e. The van der Waals surface area contributed by atoms with Gasteiger partial charge in [0.05, 0.1) is 5.69 Å². The fraction of sp³-hybridized carbons (Fsp3) is 0.345. The first-order valence-electron chi connectivity index (χ1n) is 13.1. The Morgan fingerprint density at radius 1 is 0.919 bits per heavy atom. The van der Waals surface area contributed by atoms with E-state index < -0.39 is 0 Å². The average Bonchev–Trinajstić information content (AvgIpc) is 3.35. The molecule has 1 fully saturated rings. The number of carbonyl (C=O) groups excluding carboxylic acids is 1. The van der Waals surface area contributed by atoms with Gasteiger partial charge in [-0.15, -0.1) is 0 Å². The van der Waals surface area contributed by atoms with Crippen molar-refractivity contribution in [2.45, 2.75) is 32.1 Å². The Balaban J connectivity index is 1.15. The summed E-state index contributed by atoms with van der Waals surface area (Å²) in [6.07, 6.45) is 4.86. The molecule has 0 aliphatic carbocycles. The number of piperidine rings is 1. The van der Waals surface area contributed by atoms with E-state index >= 15 is 0 Å². The molecule has 6 rings (SSSR count). The van der Waals surface area contributed by atoms with Gasteiger partial charge in [0.2, 0.25) is 5.91 Å². The zero-order valence-electron chi connectivity index (χ0n) is 20.9. The maximum atomic E-state index is 12.5. The first-order chi connectivity index (χ1) is 18.2. The van der Waals surface area contributed by atoms with Crippen LogP contribution in [-0.4, -0.2) is 58.3 Å². The van der Waals surface area contributed by atoms with Gasteiger partial charge in [-0.1, -0.05) is 24.6 Å². The molecule has 4 aromatic rings. The van der Waals surface area contributed by atoms with Crippen LogP contribution in [0.4, 0.5) is 5.69 Å². The smallest absolute Gasteiger partial charge is 0.225 e. The summed E-state index contributed by atoms with van der Waals surface area (Å²) in [5, 5.41) is 7.86. The highest BCUT2D eigenvalue weighted by atomic mass is 16.6. The van der Waals surface area contributed by atoms with Crippen molar-refractivity contribution in [1.29, 1.82) is 0 Å². The van der Waals surface area contributed by atoms with Gasteiger partial charge in [-0.2, -0.15) is 5.10 Å². The van der Waals surface area contributed by atoms with E-state index in [1.54, 1.807) is 0 Å². The number of likely N-dealkylation sites (tertiary alicyclic amines) is 1. The molecule has 0 atom stereocenters. The quantitative estimate of drug-likeness (QED) is 0.403. The molecule has 0 unspecified atom stereocenters. The third kappa shape index (κ3) is 5.44. The third-order valence-corrected chi connectivity index (χ3v) is 6.92. The van der Waals surface area contributed by atoms with E-state index in [1.165, 1.54) is 19.3 Å². The topological polar surface area (TPSA) is 81.0 Å². The fourth-order valence-corrected chi connectivity index (χ4v) is 5.05. The number of pyridine rings is 1. The predicted octanol–water partition coefficient (Wildman–Crippen LogP) is 4.57. The molecule has 1 saturated heterocycles. The van der Waals surface area contributed by atoms with Gasteiger partial charge < -0.3 is 19.7 Å². The lowest BCUT2D eigenvalue weighted by Crippen LogP contribution is -2.32. The van der Waals surface area contributed by atoms with Gasteiger partial charge in [0.15, 0.2) is 23.0 Å². The van der Waals surface area contributed by atoms with Gasteiger partial charge in [-0.05, 0) is 74.0 Å². The SMILES string of the molecule is O=C(CCN1CCCCC1)Nc1cccc(Cc2nc3cccc(-c4ccc5c(c4)OCCO5)n3n2)c1. The van der Waals surface area contributed by atoms with Crippen molar-refractivity contribution in [3.63, 3.8) is 0 Å². The second-order valence-electron chi connectivity index (χ2n) is 9.65. The monoisotopic (exact) mass is 497 g/mol. The first-order valence-corrected chi connectivity index (χ1v) is 13.1. The lowest BCUT2D eigenvalue weighted by atomic mass is 10.1. The van der Waals surface area contributed by atoms with Crippen LogP contribution in [0.3, 0.4) is 0 Å². The Bertz CT molecular complexity index is 1410. The first kappa shape index (κ1) is 23.5. The van der Waals surface area contributed by atoms with Crippen LogP contribution in [0.5, 0.6) is 11.5 Å². The number of benzene rings is 2. The molecule has 0 saturated carbocycles. The summed E-state index contributed by atoms with van der Waals surface area (Å²) in [7, 11) is 0. The van der Waals surface area contributed by atoms with E-state index in [-0.39, 0.29) is 5.91 Å². The normalized spacial score (nSPS) is 15.6. The molecule has 2 aliphatic rings. The summed E-state index contributed by atoms with van der Waals surface area (Å²) in [6, 6.07) is 19.8. The standard InChI is InChI=1S/C29H31N5O3/c35-29(12-15-33-13-2-1-3-14-33)30-23-7-4-6-21(18-23)19-27-31-28-9-5-8-24(34(28)32-27)22-10-11-25-26(20-22)37-17-16-36-25/h4-11,18,20H,1-3,12-17,19H2,(H,30,35). The van der Waals surface area contributed by atoms with Gasteiger partial charge >= 0.3 is 0 Å². The second kappa shape index (κ2) is 10.6. The number of carbonyl (C=O) groups is 1. The highest BCUT2D eigenvalue weighted by Crippen LogP contribution is 2.34. The Hall–Kier alpha value is -3.91. The number of nitrogens with one attached hydrogen (secondary N) is 1. The molecule has 2 aromatic heterocycles. The number of anilines is 1. The predicted molar refractivity (Wildman–Crippen MR) is 142 cm³/mol. The maximum absolute atomic E-state index is 12.5. The zero-order chi connectivity index (χ0) is 25.0. The lowest BCUT2D eigenvalue weighted by molar-refractivity contribution is -0.116.